The Bertz CT molecular complexity index is 1960. The van der Waals surface area contributed by atoms with E-state index in [1.54, 1.807) is 25.5 Å². The number of pyridine rings is 3. The lowest BCUT2D eigenvalue weighted by Crippen LogP contribution is -2.40. The fourth-order valence-corrected chi connectivity index (χ4v) is 5.84. The smallest absolute Gasteiger partial charge is 0.192 e. The molecule has 0 amide bonds. The summed E-state index contributed by atoms with van der Waals surface area (Å²) in [6.45, 7) is 26.2. The fourth-order valence-electron chi connectivity index (χ4n) is 4.90. The molecule has 0 fully saturated rings. The summed E-state index contributed by atoms with van der Waals surface area (Å²) in [6.07, 6.45) is 14.0. The molecule has 16 heteroatoms. The van der Waals surface area contributed by atoms with Crippen LogP contribution in [-0.4, -0.2) is 89.8 Å². The molecule has 0 spiro atoms. The molecule has 0 saturated heterocycles. The van der Waals surface area contributed by atoms with E-state index in [1.807, 2.05) is 97.1 Å². The van der Waals surface area contributed by atoms with E-state index in [2.05, 4.69) is 110 Å². The summed E-state index contributed by atoms with van der Waals surface area (Å²) < 4.78 is 10.1. The first-order chi connectivity index (χ1) is 28.8. The molecule has 5 aromatic heterocycles. The van der Waals surface area contributed by atoms with Crippen molar-refractivity contribution < 1.29 is 19.7 Å². The second-order valence-electron chi connectivity index (χ2n) is 16.7. The van der Waals surface area contributed by atoms with Crippen LogP contribution < -0.4 is 11.3 Å². The predicted octanol–water partition coefficient (Wildman–Crippen LogP) is 9.17. The van der Waals surface area contributed by atoms with Crippen molar-refractivity contribution in [3.8, 4) is 22.8 Å². The zero-order valence-electron chi connectivity index (χ0n) is 39.7. The van der Waals surface area contributed by atoms with E-state index < -0.39 is 8.32 Å². The van der Waals surface area contributed by atoms with Gasteiger partial charge >= 0.3 is 0 Å². The normalized spacial score (nSPS) is 10.9. The minimum Gasteiger partial charge on any atom is -0.412 e. The molecule has 354 valence electrons. The van der Waals surface area contributed by atoms with Gasteiger partial charge < -0.3 is 24.6 Å². The number of halogens is 1. The monoisotopic (exact) mass is 913 g/mol. The average Bonchev–Trinajstić information content (AvgIpc) is 3.93. The van der Waals surface area contributed by atoms with Crippen molar-refractivity contribution in [2.45, 2.75) is 139 Å². The number of nitrogens with zero attached hydrogens (tertiary/aromatic N) is 8. The fraction of sp³-hybridized carbons (Fsp3) is 0.511. The van der Waals surface area contributed by atoms with Crippen LogP contribution in [0.25, 0.3) is 22.8 Å². The maximum Gasteiger partial charge on any atom is 0.192 e. The second kappa shape index (κ2) is 31.5. The number of aromatic nitrogens is 7. The third-order valence-electron chi connectivity index (χ3n) is 9.33. The van der Waals surface area contributed by atoms with E-state index in [4.69, 9.17) is 15.4 Å². The van der Waals surface area contributed by atoms with Gasteiger partial charge in [0.2, 0.25) is 0 Å². The Morgan fingerprint density at radius 2 is 1.32 bits per heavy atom. The quantitative estimate of drug-likeness (QED) is 0.0429. The van der Waals surface area contributed by atoms with E-state index in [0.29, 0.717) is 18.7 Å². The molecule has 6 N–H and O–H groups in total. The average molecular weight is 914 g/mol. The van der Waals surface area contributed by atoms with Crippen molar-refractivity contribution in [3.63, 3.8) is 0 Å². The van der Waals surface area contributed by atoms with Crippen LogP contribution in [0.3, 0.4) is 0 Å². The van der Waals surface area contributed by atoms with Crippen molar-refractivity contribution in [1.82, 2.24) is 44.8 Å². The zero-order chi connectivity index (χ0) is 46.2. The lowest BCUT2D eigenvalue weighted by molar-refractivity contribution is 0.275. The third kappa shape index (κ3) is 21.7. The topological polar surface area (TPSA) is 186 Å². The number of hydrogen-bond donors (Lipinski definition) is 5. The lowest BCUT2D eigenvalue weighted by Gasteiger charge is -2.36. The Morgan fingerprint density at radius 3 is 1.78 bits per heavy atom. The number of aliphatic hydroxyl groups is 3. The summed E-state index contributed by atoms with van der Waals surface area (Å²) in [5, 5.41) is 35.0. The van der Waals surface area contributed by atoms with Gasteiger partial charge in [0, 0.05) is 93.1 Å². The highest BCUT2D eigenvalue weighted by molar-refractivity contribution is 6.74. The minimum absolute atomic E-state index is 0. The summed E-state index contributed by atoms with van der Waals surface area (Å²) in [7, 11) is 2.33. The van der Waals surface area contributed by atoms with Crippen LogP contribution in [0.2, 0.25) is 18.1 Å². The first kappa shape index (κ1) is 60.8. The Morgan fingerprint density at radius 1 is 0.810 bits per heavy atom. The van der Waals surface area contributed by atoms with E-state index in [-0.39, 0.29) is 50.7 Å². The summed E-state index contributed by atoms with van der Waals surface area (Å²) in [6, 6.07) is 16.3. The number of aliphatic hydroxyl groups excluding tert-OH is 3. The Balaban J connectivity index is 0. The molecule has 5 aromatic rings. The molecule has 0 aliphatic rings. The summed E-state index contributed by atoms with van der Waals surface area (Å²) in [5.41, 5.74) is 9.76. The van der Waals surface area contributed by atoms with Crippen LogP contribution >= 0.6 is 12.4 Å². The lowest BCUT2D eigenvalue weighted by atomic mass is 10.1. The Labute approximate surface area is 386 Å². The number of nitrogens with one attached hydrogen (secondary N) is 1. The molecule has 0 saturated carbocycles. The predicted molar refractivity (Wildman–Crippen MR) is 265 cm³/mol. The van der Waals surface area contributed by atoms with E-state index in [9.17, 15) is 10.2 Å². The number of hydrazine groups is 1. The van der Waals surface area contributed by atoms with Gasteiger partial charge in [-0.25, -0.2) is 0 Å². The van der Waals surface area contributed by atoms with Gasteiger partial charge in [-0.3, -0.25) is 35.6 Å². The SMILES string of the molecule is C.CC(C)NN.CC(C)n1ccc(-c2ncccc2CO)n1.CC(C)n1nccc1-c1ncccc1CO.CCO.CN(C)/C=C/Cc1ncccc1CO[Si](C)(C)C(C)(C)C.Cl. The van der Waals surface area contributed by atoms with Crippen molar-refractivity contribution in [2.24, 2.45) is 5.84 Å². The highest BCUT2D eigenvalue weighted by Gasteiger charge is 2.37. The van der Waals surface area contributed by atoms with Crippen LogP contribution in [-0.2, 0) is 30.7 Å². The van der Waals surface area contributed by atoms with Crippen molar-refractivity contribution in [3.05, 3.63) is 114 Å². The molecule has 63 heavy (non-hydrogen) atoms. The number of hydrogen-bond acceptors (Lipinski definition) is 12. The number of nitrogens with two attached hydrogens (primary N) is 1. The van der Waals surface area contributed by atoms with Gasteiger partial charge in [0.15, 0.2) is 8.32 Å². The van der Waals surface area contributed by atoms with Gasteiger partial charge in [0.25, 0.3) is 0 Å². The van der Waals surface area contributed by atoms with Gasteiger partial charge in [0.05, 0.1) is 36.9 Å². The molecule has 5 heterocycles. The van der Waals surface area contributed by atoms with Crippen LogP contribution in [0.1, 0.15) is 111 Å². The number of rotatable bonds is 13. The molecule has 14 nitrogen and oxygen atoms in total. The highest BCUT2D eigenvalue weighted by atomic mass is 35.5. The van der Waals surface area contributed by atoms with Gasteiger partial charge in [-0.1, -0.05) is 52.5 Å². The second-order valence-corrected chi connectivity index (χ2v) is 21.5. The third-order valence-corrected chi connectivity index (χ3v) is 13.8. The maximum absolute atomic E-state index is 9.28. The van der Waals surface area contributed by atoms with Gasteiger partial charge in [-0.2, -0.15) is 10.2 Å². The molecule has 0 radical (unpaired) electrons. The first-order valence-corrected chi connectivity index (χ1v) is 23.8. The van der Waals surface area contributed by atoms with Gasteiger partial charge in [-0.05, 0) is 109 Å². The zero-order valence-corrected chi connectivity index (χ0v) is 41.6. The Kier molecular flexibility index (Phi) is 30.4. The number of allylic oxidation sites excluding steroid dienone is 1. The molecule has 5 rings (SSSR count). The summed E-state index contributed by atoms with van der Waals surface area (Å²) in [4.78, 5) is 15.1. The van der Waals surface area contributed by atoms with E-state index >= 15 is 0 Å². The van der Waals surface area contributed by atoms with Gasteiger partial charge in [0.1, 0.15) is 5.69 Å². The van der Waals surface area contributed by atoms with Crippen LogP contribution in [0, 0.1) is 0 Å². The highest BCUT2D eigenvalue weighted by Crippen LogP contribution is 2.37. The first-order valence-electron chi connectivity index (χ1n) is 20.9. The maximum atomic E-state index is 9.28. The molecular weight excluding hydrogens is 832 g/mol. The van der Waals surface area contributed by atoms with Crippen molar-refractivity contribution in [2.75, 3.05) is 20.7 Å². The van der Waals surface area contributed by atoms with Crippen molar-refractivity contribution >= 4 is 20.7 Å². The van der Waals surface area contributed by atoms with Crippen LogP contribution in [0.15, 0.2) is 91.8 Å². The molecule has 0 unspecified atom stereocenters. The standard InChI is InChI=1S/C17H30N2OSi.2C12H15N3O.C3H10N2.C2H6O.CH4.ClH/c1-17(2,3)21(6,7)20-14-15-10-8-12-18-16(15)11-9-13-19(4)5;1-9(2)15-7-5-11(14-15)12-10(8-16)4-3-6-13-12;1-9(2)15-11(5-7-14-15)12-10(8-16)4-3-6-13-12;1-3(2)5-4;1-2-3;;/h8-10,12-13H,11,14H2,1-7H3;2*3-7,9,16H,8H2,1-2H3;3,5H,4H2,1-2H3;3H,2H2,1H3;1H4;1H/b13-9+;;;;;;. The molecular formula is C47H81ClN10O4Si. The molecule has 0 aliphatic carbocycles. The van der Waals surface area contributed by atoms with E-state index in [1.165, 1.54) is 5.56 Å². The largest absolute Gasteiger partial charge is 0.412 e. The summed E-state index contributed by atoms with van der Waals surface area (Å²) >= 11 is 0. The molecule has 0 atom stereocenters. The van der Waals surface area contributed by atoms with Crippen LogP contribution in [0.5, 0.6) is 0 Å². The molecule has 0 aliphatic heterocycles. The summed E-state index contributed by atoms with van der Waals surface area (Å²) in [5.74, 6) is 4.92. The van der Waals surface area contributed by atoms with E-state index in [0.717, 1.165) is 46.0 Å². The van der Waals surface area contributed by atoms with Crippen molar-refractivity contribution in [1.29, 1.82) is 0 Å². The molecule has 0 bridgehead atoms. The molecule has 0 aromatic carbocycles. The Hall–Kier alpha value is -4.32. The minimum atomic E-state index is -1.71. The van der Waals surface area contributed by atoms with Crippen LogP contribution in [0.4, 0.5) is 0 Å². The van der Waals surface area contributed by atoms with Gasteiger partial charge in [-0.15, -0.1) is 12.4 Å².